The van der Waals surface area contributed by atoms with Crippen molar-refractivity contribution in [3.63, 3.8) is 0 Å². The smallest absolute Gasteiger partial charge is 0.303 e. The summed E-state index contributed by atoms with van der Waals surface area (Å²) in [7, 11) is 0. The Labute approximate surface area is 406 Å². The predicted molar refractivity (Wildman–Crippen MR) is 278 cm³/mol. The van der Waals surface area contributed by atoms with E-state index in [1.807, 2.05) is 0 Å². The Hall–Kier alpha value is -2.72. The number of nitrogens with two attached hydrogens (primary N) is 1. The molecule has 0 atom stereocenters. The van der Waals surface area contributed by atoms with Crippen molar-refractivity contribution < 1.29 is 39.9 Å². The number of aliphatic carboxylic acids is 3. The molecule has 1 aromatic heterocycles. The third kappa shape index (κ3) is 55.6. The van der Waals surface area contributed by atoms with E-state index in [4.69, 9.17) is 26.2 Å². The summed E-state index contributed by atoms with van der Waals surface area (Å²) in [5.41, 5.74) is 7.09. The predicted octanol–water partition coefficient (Wildman–Crippen LogP) is 16.7. The van der Waals surface area contributed by atoms with Gasteiger partial charge in [0.25, 0.3) is 0 Å². The summed E-state index contributed by atoms with van der Waals surface area (Å²) in [4.78, 5) is 34.8. The Morgan fingerprint density at radius 2 is 0.636 bits per heavy atom. The largest absolute Gasteiger partial charge is 0.506 e. The number of carboxylic acid groups (broad SMARTS) is 3. The second-order valence-electron chi connectivity index (χ2n) is 18.7. The highest BCUT2D eigenvalue weighted by Crippen LogP contribution is 2.23. The van der Waals surface area contributed by atoms with Gasteiger partial charge in [0.2, 0.25) is 0 Å². The number of nitrogens with zero attached hydrogens (tertiary/aromatic N) is 1. The maximum atomic E-state index is 10.3. The van der Waals surface area contributed by atoms with Gasteiger partial charge in [-0.3, -0.25) is 19.4 Å². The van der Waals surface area contributed by atoms with Gasteiger partial charge in [-0.25, -0.2) is 0 Å². The molecule has 0 aliphatic heterocycles. The fraction of sp³-hybridized carbons (Fsp3) is 0.857. The van der Waals surface area contributed by atoms with Crippen LogP contribution in [0.1, 0.15) is 307 Å². The van der Waals surface area contributed by atoms with Crippen molar-refractivity contribution in [2.75, 3.05) is 0 Å². The molecule has 0 aliphatic carbocycles. The first-order valence-corrected chi connectivity index (χ1v) is 27.6. The van der Waals surface area contributed by atoms with E-state index in [9.17, 15) is 19.5 Å². The lowest BCUT2D eigenvalue weighted by atomic mass is 10.0. The standard InChI is InChI=1S/3C16H32O2.C8H12N2O2/c3*1-2-3-4-5-6-7-8-9-10-11-12-13-14-15-16(17)18;1-5-8(12)7(2-9)6(4-11)3-10-5/h3*2-15H2,1H3,(H,17,18);3,11-12H,2,4,9H2,1H3. The van der Waals surface area contributed by atoms with Gasteiger partial charge < -0.3 is 31.3 Å². The topological polar surface area (TPSA) is 191 Å². The average molecular weight is 937 g/mol. The third-order valence-electron chi connectivity index (χ3n) is 12.3. The van der Waals surface area contributed by atoms with Gasteiger partial charge in [0.15, 0.2) is 0 Å². The van der Waals surface area contributed by atoms with Crippen LogP contribution in [-0.4, -0.2) is 48.4 Å². The lowest BCUT2D eigenvalue weighted by molar-refractivity contribution is -0.138. The van der Waals surface area contributed by atoms with Crippen LogP contribution in [0.5, 0.6) is 5.75 Å². The van der Waals surface area contributed by atoms with Crippen LogP contribution in [0.25, 0.3) is 0 Å². The molecular weight excluding hydrogens is 829 g/mol. The average Bonchev–Trinajstić information content (AvgIpc) is 3.29. The number of aromatic hydroxyl groups is 1. The highest BCUT2D eigenvalue weighted by Gasteiger charge is 2.09. The van der Waals surface area contributed by atoms with Gasteiger partial charge in [0, 0.05) is 43.1 Å². The molecule has 0 aromatic carbocycles. The minimum atomic E-state index is -0.655. The van der Waals surface area contributed by atoms with Crippen molar-refractivity contribution in [3.8, 4) is 5.75 Å². The second kappa shape index (κ2) is 56.6. The van der Waals surface area contributed by atoms with Crippen molar-refractivity contribution in [3.05, 3.63) is 23.0 Å². The van der Waals surface area contributed by atoms with Gasteiger partial charge in [-0.15, -0.1) is 0 Å². The molecule has 0 saturated carbocycles. The summed E-state index contributed by atoms with van der Waals surface area (Å²) in [5.74, 6) is -1.88. The zero-order chi connectivity index (χ0) is 49.6. The summed E-state index contributed by atoms with van der Waals surface area (Å²) in [6, 6.07) is 0. The highest BCUT2D eigenvalue weighted by atomic mass is 16.4. The second-order valence-corrected chi connectivity index (χ2v) is 18.7. The molecule has 0 fully saturated rings. The van der Waals surface area contributed by atoms with Crippen LogP contribution in [0, 0.1) is 6.92 Å². The molecule has 0 bridgehead atoms. The van der Waals surface area contributed by atoms with E-state index >= 15 is 0 Å². The van der Waals surface area contributed by atoms with E-state index in [1.54, 1.807) is 6.92 Å². The molecule has 1 rings (SSSR count). The maximum Gasteiger partial charge on any atom is 0.303 e. The summed E-state index contributed by atoms with van der Waals surface area (Å²) < 4.78 is 0. The number of carboxylic acids is 3. The Kier molecular flexibility index (Phi) is 57.9. The van der Waals surface area contributed by atoms with Gasteiger partial charge in [-0.2, -0.15) is 0 Å². The molecule has 390 valence electrons. The van der Waals surface area contributed by atoms with Crippen molar-refractivity contribution in [1.29, 1.82) is 0 Å². The van der Waals surface area contributed by atoms with Crippen molar-refractivity contribution in [1.82, 2.24) is 4.98 Å². The van der Waals surface area contributed by atoms with Crippen molar-refractivity contribution in [2.24, 2.45) is 5.73 Å². The molecule has 66 heavy (non-hydrogen) atoms. The van der Waals surface area contributed by atoms with Crippen LogP contribution in [0.4, 0.5) is 0 Å². The van der Waals surface area contributed by atoms with E-state index in [0.717, 1.165) is 38.5 Å². The third-order valence-corrected chi connectivity index (χ3v) is 12.3. The number of aliphatic hydroxyl groups excluding tert-OH is 1. The molecule has 10 heteroatoms. The van der Waals surface area contributed by atoms with E-state index in [1.165, 1.54) is 218 Å². The van der Waals surface area contributed by atoms with Crippen LogP contribution in [0.3, 0.4) is 0 Å². The Morgan fingerprint density at radius 3 is 0.818 bits per heavy atom. The normalized spacial score (nSPS) is 10.6. The van der Waals surface area contributed by atoms with Gasteiger partial charge in [-0.05, 0) is 26.2 Å². The fourth-order valence-corrected chi connectivity index (χ4v) is 7.93. The summed E-state index contributed by atoms with van der Waals surface area (Å²) in [6.45, 7) is 8.54. The number of aryl methyl sites for hydroxylation is 1. The van der Waals surface area contributed by atoms with Gasteiger partial charge >= 0.3 is 17.9 Å². The minimum Gasteiger partial charge on any atom is -0.506 e. The quantitative estimate of drug-likeness (QED) is 0.0343. The SMILES string of the molecule is CCCCCCCCCCCCCCCC(=O)O.CCCCCCCCCCCCCCCC(=O)O.CCCCCCCCCCCCCCCC(=O)O.Cc1ncc(CO)c(CN)c1O. The van der Waals surface area contributed by atoms with Crippen LogP contribution < -0.4 is 5.73 Å². The van der Waals surface area contributed by atoms with Crippen LogP contribution >= 0.6 is 0 Å². The minimum absolute atomic E-state index is 0.0871. The molecule has 10 nitrogen and oxygen atoms in total. The molecular formula is C56H108N2O8. The Bertz CT molecular complexity index is 1090. The molecule has 0 spiro atoms. The number of unbranched alkanes of at least 4 members (excludes halogenated alkanes) is 36. The molecule has 7 N–H and O–H groups in total. The molecule has 0 saturated heterocycles. The zero-order valence-corrected chi connectivity index (χ0v) is 43.7. The van der Waals surface area contributed by atoms with Crippen LogP contribution in [-0.2, 0) is 27.5 Å². The molecule has 1 aromatic rings. The molecule has 1 heterocycles. The number of aromatic nitrogens is 1. The number of carbonyl (C=O) groups is 3. The number of hydrogen-bond acceptors (Lipinski definition) is 7. The number of rotatable bonds is 44. The molecule has 0 unspecified atom stereocenters. The monoisotopic (exact) mass is 937 g/mol. The molecule has 0 radical (unpaired) electrons. The number of pyridine rings is 1. The molecule has 0 aliphatic rings. The van der Waals surface area contributed by atoms with Crippen LogP contribution in [0.15, 0.2) is 6.20 Å². The van der Waals surface area contributed by atoms with E-state index in [2.05, 4.69) is 25.8 Å². The van der Waals surface area contributed by atoms with Crippen molar-refractivity contribution >= 4 is 17.9 Å². The summed E-state index contributed by atoms with van der Waals surface area (Å²) in [5, 5.41) is 43.8. The maximum absolute atomic E-state index is 10.3. The lowest BCUT2D eigenvalue weighted by Gasteiger charge is -2.08. The Balaban J connectivity index is -0.000000809. The number of hydrogen-bond donors (Lipinski definition) is 6. The summed E-state index contributed by atoms with van der Waals surface area (Å²) in [6.07, 6.45) is 53.3. The van der Waals surface area contributed by atoms with E-state index < -0.39 is 17.9 Å². The first-order chi connectivity index (χ1) is 32.0. The lowest BCUT2D eigenvalue weighted by Crippen LogP contribution is -2.04. The van der Waals surface area contributed by atoms with E-state index in [0.29, 0.717) is 36.1 Å². The van der Waals surface area contributed by atoms with Gasteiger partial charge in [0.1, 0.15) is 5.75 Å². The first kappa shape index (κ1) is 67.5. The van der Waals surface area contributed by atoms with Crippen molar-refractivity contribution in [2.45, 2.75) is 311 Å². The summed E-state index contributed by atoms with van der Waals surface area (Å²) >= 11 is 0. The highest BCUT2D eigenvalue weighted by molar-refractivity contribution is 5.67. The Morgan fingerprint density at radius 1 is 0.424 bits per heavy atom. The van der Waals surface area contributed by atoms with Gasteiger partial charge in [0.05, 0.1) is 12.3 Å². The fourth-order valence-electron chi connectivity index (χ4n) is 7.93. The van der Waals surface area contributed by atoms with Gasteiger partial charge in [-0.1, -0.05) is 252 Å². The molecule has 0 amide bonds. The van der Waals surface area contributed by atoms with E-state index in [-0.39, 0.29) is 18.9 Å². The first-order valence-electron chi connectivity index (χ1n) is 27.6. The zero-order valence-electron chi connectivity index (χ0n) is 43.7. The van der Waals surface area contributed by atoms with Crippen LogP contribution in [0.2, 0.25) is 0 Å². The number of aliphatic hydroxyl groups is 1.